The highest BCUT2D eigenvalue weighted by atomic mass is 16.3. The number of aliphatic hydroxyl groups is 1. The molecule has 3 aromatic rings. The Labute approximate surface area is 195 Å². The first-order valence-electron chi connectivity index (χ1n) is 11.4. The van der Waals surface area contributed by atoms with Gasteiger partial charge in [0.1, 0.15) is 5.76 Å². The van der Waals surface area contributed by atoms with E-state index in [4.69, 9.17) is 0 Å². The first kappa shape index (κ1) is 22.5. The van der Waals surface area contributed by atoms with Gasteiger partial charge in [0.05, 0.1) is 11.6 Å². The number of aryl methyl sites for hydroxylation is 3. The number of nitrogens with zero attached hydrogens (tertiary/aromatic N) is 1. The summed E-state index contributed by atoms with van der Waals surface area (Å²) in [6.07, 6.45) is 1.53. The van der Waals surface area contributed by atoms with E-state index in [-0.39, 0.29) is 11.3 Å². The monoisotopic (exact) mass is 439 g/mol. The Kier molecular flexibility index (Phi) is 6.45. The number of amides is 1. The number of carbonyl (C=O) groups excluding carboxylic acids is 2. The Balaban J connectivity index is 1.82. The predicted octanol–water partition coefficient (Wildman–Crippen LogP) is 5.53. The van der Waals surface area contributed by atoms with Crippen LogP contribution in [-0.2, 0) is 22.4 Å². The average Bonchev–Trinajstić information content (AvgIpc) is 3.09. The van der Waals surface area contributed by atoms with Gasteiger partial charge in [-0.1, -0.05) is 79.2 Å². The third-order valence-corrected chi connectivity index (χ3v) is 6.38. The molecule has 4 nitrogen and oxygen atoms in total. The molecule has 1 aliphatic rings. The van der Waals surface area contributed by atoms with Crippen molar-refractivity contribution in [3.05, 3.63) is 112 Å². The molecule has 4 rings (SSSR count). The Bertz CT molecular complexity index is 1210. The second kappa shape index (κ2) is 9.45. The van der Waals surface area contributed by atoms with Crippen molar-refractivity contribution >= 4 is 17.4 Å². The zero-order valence-corrected chi connectivity index (χ0v) is 19.3. The van der Waals surface area contributed by atoms with Gasteiger partial charge in [0, 0.05) is 12.1 Å². The zero-order valence-electron chi connectivity index (χ0n) is 19.3. The molecule has 1 saturated heterocycles. The molecular weight excluding hydrogens is 410 g/mol. The van der Waals surface area contributed by atoms with Gasteiger partial charge in [-0.25, -0.2) is 0 Å². The minimum absolute atomic E-state index is 0.110. The highest BCUT2D eigenvalue weighted by Gasteiger charge is 2.45. The summed E-state index contributed by atoms with van der Waals surface area (Å²) in [6, 6.07) is 23.0. The summed E-state index contributed by atoms with van der Waals surface area (Å²) in [5.41, 5.74) is 5.67. The second-order valence-electron chi connectivity index (χ2n) is 8.64. The third kappa shape index (κ3) is 4.47. The molecule has 168 valence electrons. The highest BCUT2D eigenvalue weighted by molar-refractivity contribution is 6.46. The topological polar surface area (TPSA) is 57.6 Å². The van der Waals surface area contributed by atoms with E-state index in [1.165, 1.54) is 5.56 Å². The van der Waals surface area contributed by atoms with E-state index in [9.17, 15) is 14.7 Å². The van der Waals surface area contributed by atoms with Crippen LogP contribution in [0.15, 0.2) is 78.4 Å². The van der Waals surface area contributed by atoms with Gasteiger partial charge in [-0.05, 0) is 55.0 Å². The summed E-state index contributed by atoms with van der Waals surface area (Å²) in [7, 11) is 0. The first-order chi connectivity index (χ1) is 15.9. The van der Waals surface area contributed by atoms with E-state index < -0.39 is 17.7 Å². The van der Waals surface area contributed by atoms with Crippen LogP contribution in [0.1, 0.15) is 46.3 Å². The van der Waals surface area contributed by atoms with E-state index in [1.54, 1.807) is 4.90 Å². The molecule has 33 heavy (non-hydrogen) atoms. The molecular formula is C29H29NO3. The molecule has 1 unspecified atom stereocenters. The summed E-state index contributed by atoms with van der Waals surface area (Å²) >= 11 is 0. The Hall–Kier alpha value is -3.66. The highest BCUT2D eigenvalue weighted by Crippen LogP contribution is 2.40. The third-order valence-electron chi connectivity index (χ3n) is 6.38. The fourth-order valence-electron chi connectivity index (χ4n) is 4.42. The molecule has 1 fully saturated rings. The van der Waals surface area contributed by atoms with Crippen molar-refractivity contribution in [2.45, 2.75) is 39.7 Å². The molecule has 1 aliphatic heterocycles. The lowest BCUT2D eigenvalue weighted by atomic mass is 9.92. The number of hydrogen-bond donors (Lipinski definition) is 1. The molecule has 0 radical (unpaired) electrons. The molecule has 0 saturated carbocycles. The van der Waals surface area contributed by atoms with Crippen LogP contribution in [0.3, 0.4) is 0 Å². The average molecular weight is 440 g/mol. The predicted molar refractivity (Wildman–Crippen MR) is 131 cm³/mol. The van der Waals surface area contributed by atoms with Gasteiger partial charge in [0.15, 0.2) is 0 Å². The van der Waals surface area contributed by atoms with Crippen molar-refractivity contribution in [2.24, 2.45) is 0 Å². The largest absolute Gasteiger partial charge is 0.507 e. The lowest BCUT2D eigenvalue weighted by Gasteiger charge is -2.25. The van der Waals surface area contributed by atoms with Crippen molar-refractivity contribution in [1.29, 1.82) is 0 Å². The standard InChI is InChI=1S/C29H29NO3/c1-4-21-12-14-23(15-13-21)26-25(27(31)24-18-19(2)10-11-20(24)3)28(32)29(33)30(26)17-16-22-8-6-5-7-9-22/h5-15,18,26,31H,4,16-17H2,1-3H3/b27-25+. The quantitative estimate of drug-likeness (QED) is 0.312. The van der Waals surface area contributed by atoms with Crippen LogP contribution in [-0.4, -0.2) is 28.2 Å². The molecule has 0 bridgehead atoms. The maximum Gasteiger partial charge on any atom is 0.295 e. The van der Waals surface area contributed by atoms with Gasteiger partial charge >= 0.3 is 0 Å². The van der Waals surface area contributed by atoms with E-state index in [0.29, 0.717) is 18.5 Å². The SMILES string of the molecule is CCc1ccc(C2/C(=C(\O)c3cc(C)ccc3C)C(=O)C(=O)N2CCc2ccccc2)cc1. The van der Waals surface area contributed by atoms with Crippen LogP contribution in [0.2, 0.25) is 0 Å². The van der Waals surface area contributed by atoms with Crippen molar-refractivity contribution in [2.75, 3.05) is 6.54 Å². The van der Waals surface area contributed by atoms with Gasteiger partial charge in [0.25, 0.3) is 11.7 Å². The van der Waals surface area contributed by atoms with Crippen LogP contribution in [0.4, 0.5) is 0 Å². The van der Waals surface area contributed by atoms with Crippen molar-refractivity contribution in [3.63, 3.8) is 0 Å². The summed E-state index contributed by atoms with van der Waals surface area (Å²) in [6.45, 7) is 6.31. The first-order valence-corrected chi connectivity index (χ1v) is 11.4. The number of aliphatic hydroxyl groups excluding tert-OH is 1. The number of ketones is 1. The summed E-state index contributed by atoms with van der Waals surface area (Å²) < 4.78 is 0. The Morgan fingerprint density at radius 1 is 0.909 bits per heavy atom. The smallest absolute Gasteiger partial charge is 0.295 e. The van der Waals surface area contributed by atoms with Gasteiger partial charge in [0.2, 0.25) is 0 Å². The molecule has 1 atom stereocenters. The summed E-state index contributed by atoms with van der Waals surface area (Å²) in [4.78, 5) is 28.0. The second-order valence-corrected chi connectivity index (χ2v) is 8.64. The number of Topliss-reactive ketones (excluding diaryl/α,β-unsaturated/α-hetero) is 1. The van der Waals surface area contributed by atoms with Crippen LogP contribution < -0.4 is 0 Å². The normalized spacial score (nSPS) is 17.5. The maximum absolute atomic E-state index is 13.2. The fraction of sp³-hybridized carbons (Fsp3) is 0.241. The minimum atomic E-state index is -0.633. The molecule has 1 heterocycles. The lowest BCUT2D eigenvalue weighted by Crippen LogP contribution is -2.31. The molecule has 4 heteroatoms. The van der Waals surface area contributed by atoms with Gasteiger partial charge in [-0.2, -0.15) is 0 Å². The van der Waals surface area contributed by atoms with Crippen molar-refractivity contribution in [1.82, 2.24) is 4.90 Å². The zero-order chi connectivity index (χ0) is 23.5. The summed E-state index contributed by atoms with van der Waals surface area (Å²) in [5.74, 6) is -1.31. The van der Waals surface area contributed by atoms with Crippen molar-refractivity contribution < 1.29 is 14.7 Å². The number of rotatable bonds is 6. The molecule has 0 spiro atoms. The molecule has 3 aromatic carbocycles. The molecule has 0 aromatic heterocycles. The Morgan fingerprint density at radius 3 is 2.27 bits per heavy atom. The summed E-state index contributed by atoms with van der Waals surface area (Å²) in [5, 5.41) is 11.3. The van der Waals surface area contributed by atoms with Crippen molar-refractivity contribution in [3.8, 4) is 0 Å². The number of hydrogen-bond acceptors (Lipinski definition) is 3. The molecule has 1 N–H and O–H groups in total. The van der Waals surface area contributed by atoms with Gasteiger partial charge < -0.3 is 10.0 Å². The Morgan fingerprint density at radius 2 is 1.61 bits per heavy atom. The van der Waals surface area contributed by atoms with E-state index >= 15 is 0 Å². The number of carbonyl (C=O) groups is 2. The van der Waals surface area contributed by atoms with E-state index in [0.717, 1.165) is 28.7 Å². The van der Waals surface area contributed by atoms with Crippen LogP contribution in [0.5, 0.6) is 0 Å². The molecule has 1 amide bonds. The lowest BCUT2D eigenvalue weighted by molar-refractivity contribution is -0.139. The number of likely N-dealkylation sites (tertiary alicyclic amines) is 1. The minimum Gasteiger partial charge on any atom is -0.507 e. The van der Waals surface area contributed by atoms with E-state index in [1.807, 2.05) is 86.6 Å². The van der Waals surface area contributed by atoms with Gasteiger partial charge in [-0.15, -0.1) is 0 Å². The van der Waals surface area contributed by atoms with Crippen LogP contribution >= 0.6 is 0 Å². The van der Waals surface area contributed by atoms with Crippen LogP contribution in [0, 0.1) is 13.8 Å². The number of benzene rings is 3. The van der Waals surface area contributed by atoms with Gasteiger partial charge in [-0.3, -0.25) is 9.59 Å². The van der Waals surface area contributed by atoms with Crippen LogP contribution in [0.25, 0.3) is 5.76 Å². The molecule has 0 aliphatic carbocycles. The fourth-order valence-corrected chi connectivity index (χ4v) is 4.42. The van der Waals surface area contributed by atoms with E-state index in [2.05, 4.69) is 6.92 Å². The maximum atomic E-state index is 13.2.